The Balaban J connectivity index is 1.77. The summed E-state index contributed by atoms with van der Waals surface area (Å²) < 4.78 is 44.8. The topological polar surface area (TPSA) is 77.3 Å². The van der Waals surface area contributed by atoms with Gasteiger partial charge in [0.2, 0.25) is 0 Å². The van der Waals surface area contributed by atoms with E-state index in [1.54, 1.807) is 6.92 Å². The van der Waals surface area contributed by atoms with Crippen LogP contribution in [0.25, 0.3) is 0 Å². The zero-order valence-electron chi connectivity index (χ0n) is 17.2. The van der Waals surface area contributed by atoms with Crippen molar-refractivity contribution in [2.75, 3.05) is 13.2 Å². The molecule has 0 aliphatic heterocycles. The number of hydrogen-bond acceptors (Lipinski definition) is 5. The van der Waals surface area contributed by atoms with E-state index in [9.17, 15) is 22.8 Å². The normalized spacial score (nSPS) is 11.2. The second-order valence-corrected chi connectivity index (χ2v) is 6.95. The summed E-state index contributed by atoms with van der Waals surface area (Å²) in [5, 5.41) is 7.85. The minimum absolute atomic E-state index is 0.0112. The molecule has 168 valence electrons. The van der Waals surface area contributed by atoms with Gasteiger partial charge in [0, 0.05) is 6.54 Å². The van der Waals surface area contributed by atoms with Gasteiger partial charge < -0.3 is 9.64 Å². The van der Waals surface area contributed by atoms with Gasteiger partial charge in [0.15, 0.2) is 5.69 Å². The van der Waals surface area contributed by atoms with E-state index < -0.39 is 23.6 Å². The monoisotopic (exact) mass is 446 g/mol. The Morgan fingerprint density at radius 1 is 1.03 bits per heavy atom. The minimum Gasteiger partial charge on any atom is -0.465 e. The van der Waals surface area contributed by atoms with Crippen LogP contribution in [-0.4, -0.2) is 44.9 Å². The van der Waals surface area contributed by atoms with E-state index in [4.69, 9.17) is 4.74 Å². The number of carbonyl (C=O) groups excluding carboxylic acids is 2. The fraction of sp³-hybridized carbons (Fsp3) is 0.273. The molecule has 0 unspecified atom stereocenters. The van der Waals surface area contributed by atoms with Gasteiger partial charge in [-0.1, -0.05) is 47.7 Å². The molecule has 0 fully saturated rings. The molecule has 0 atom stereocenters. The highest BCUT2D eigenvalue weighted by atomic mass is 19.4. The fourth-order valence-corrected chi connectivity index (χ4v) is 2.99. The van der Waals surface area contributed by atoms with E-state index >= 15 is 0 Å². The van der Waals surface area contributed by atoms with Crippen LogP contribution in [0.2, 0.25) is 0 Å². The smallest absolute Gasteiger partial charge is 0.416 e. The standard InChI is InChI=1S/C22H21F3N4O3/c1-2-32-20(30)15-28(12-17-8-10-18(11-9-17)22(23,24)25)21(31)19-14-29(27-26-19)13-16-6-4-3-5-7-16/h3-11,14H,2,12-13,15H2,1H3. The van der Waals surface area contributed by atoms with Crippen molar-refractivity contribution in [2.24, 2.45) is 0 Å². The SMILES string of the molecule is CCOC(=O)CN(Cc1ccc(C(F)(F)F)cc1)C(=O)c1cn(Cc2ccccc2)nn1. The predicted octanol–water partition coefficient (Wildman–Crippen LogP) is 3.55. The number of carbonyl (C=O) groups is 2. The molecule has 0 radical (unpaired) electrons. The summed E-state index contributed by atoms with van der Waals surface area (Å²) in [7, 11) is 0. The van der Waals surface area contributed by atoms with Crippen LogP contribution >= 0.6 is 0 Å². The molecule has 10 heteroatoms. The lowest BCUT2D eigenvalue weighted by Gasteiger charge is -2.21. The number of hydrogen-bond donors (Lipinski definition) is 0. The van der Waals surface area contributed by atoms with Crippen LogP contribution in [0.4, 0.5) is 13.2 Å². The third-order valence-electron chi connectivity index (χ3n) is 4.51. The molecule has 0 spiro atoms. The molecule has 0 saturated heterocycles. The molecule has 0 aliphatic rings. The van der Waals surface area contributed by atoms with Gasteiger partial charge in [-0.3, -0.25) is 9.59 Å². The van der Waals surface area contributed by atoms with Crippen molar-refractivity contribution >= 4 is 11.9 Å². The molecule has 0 aliphatic carbocycles. The van der Waals surface area contributed by atoms with Gasteiger partial charge in [-0.25, -0.2) is 4.68 Å². The molecule has 1 heterocycles. The van der Waals surface area contributed by atoms with Crippen molar-refractivity contribution in [3.63, 3.8) is 0 Å². The van der Waals surface area contributed by atoms with Gasteiger partial charge in [-0.2, -0.15) is 13.2 Å². The van der Waals surface area contributed by atoms with Crippen LogP contribution in [0.5, 0.6) is 0 Å². The lowest BCUT2D eigenvalue weighted by molar-refractivity contribution is -0.144. The van der Waals surface area contributed by atoms with Gasteiger partial charge in [-0.15, -0.1) is 5.10 Å². The van der Waals surface area contributed by atoms with Crippen molar-refractivity contribution in [1.82, 2.24) is 19.9 Å². The zero-order chi connectivity index (χ0) is 23.1. The number of benzene rings is 2. The lowest BCUT2D eigenvalue weighted by Crippen LogP contribution is -2.36. The van der Waals surface area contributed by atoms with E-state index in [1.807, 2.05) is 30.3 Å². The third-order valence-corrected chi connectivity index (χ3v) is 4.51. The summed E-state index contributed by atoms with van der Waals surface area (Å²) >= 11 is 0. The number of nitrogens with zero attached hydrogens (tertiary/aromatic N) is 4. The van der Waals surface area contributed by atoms with Crippen LogP contribution < -0.4 is 0 Å². The Kier molecular flexibility index (Phi) is 7.24. The highest BCUT2D eigenvalue weighted by Gasteiger charge is 2.30. The maximum atomic E-state index is 13.0. The zero-order valence-corrected chi connectivity index (χ0v) is 17.2. The molecule has 32 heavy (non-hydrogen) atoms. The quantitative estimate of drug-likeness (QED) is 0.495. The van der Waals surface area contributed by atoms with Crippen LogP contribution in [0, 0.1) is 0 Å². The maximum absolute atomic E-state index is 13.0. The lowest BCUT2D eigenvalue weighted by atomic mass is 10.1. The molecule has 1 amide bonds. The van der Waals surface area contributed by atoms with Crippen molar-refractivity contribution in [1.29, 1.82) is 0 Å². The second-order valence-electron chi connectivity index (χ2n) is 6.95. The predicted molar refractivity (Wildman–Crippen MR) is 108 cm³/mol. The van der Waals surface area contributed by atoms with Gasteiger partial charge in [0.05, 0.1) is 24.9 Å². The molecular weight excluding hydrogens is 425 g/mol. The van der Waals surface area contributed by atoms with Crippen LogP contribution in [0.3, 0.4) is 0 Å². The summed E-state index contributed by atoms with van der Waals surface area (Å²) in [5.41, 5.74) is 0.599. The number of ether oxygens (including phenoxy) is 1. The van der Waals surface area contributed by atoms with Crippen molar-refractivity contribution in [3.8, 4) is 0 Å². The first-order chi connectivity index (χ1) is 15.3. The number of alkyl halides is 3. The maximum Gasteiger partial charge on any atom is 0.416 e. The molecule has 7 nitrogen and oxygen atoms in total. The van der Waals surface area contributed by atoms with E-state index in [1.165, 1.54) is 23.0 Å². The van der Waals surface area contributed by atoms with Crippen LogP contribution in [-0.2, 0) is 28.8 Å². The van der Waals surface area contributed by atoms with Crippen molar-refractivity contribution in [3.05, 3.63) is 83.2 Å². The first kappa shape index (κ1) is 23.0. The molecule has 3 rings (SSSR count). The third kappa shape index (κ3) is 6.16. The average molecular weight is 446 g/mol. The number of aromatic nitrogens is 3. The van der Waals surface area contributed by atoms with Gasteiger partial charge >= 0.3 is 12.1 Å². The Labute approximate surface area is 182 Å². The van der Waals surface area contributed by atoms with E-state index in [2.05, 4.69) is 10.3 Å². The molecular formula is C22H21F3N4O3. The summed E-state index contributed by atoms with van der Waals surface area (Å²) in [4.78, 5) is 26.2. The van der Waals surface area contributed by atoms with E-state index in [0.29, 0.717) is 12.1 Å². The van der Waals surface area contributed by atoms with Gasteiger partial charge in [0.1, 0.15) is 6.54 Å². The molecule has 0 bridgehead atoms. The van der Waals surface area contributed by atoms with E-state index in [-0.39, 0.29) is 25.4 Å². The second kappa shape index (κ2) is 10.1. The van der Waals surface area contributed by atoms with E-state index in [0.717, 1.165) is 22.6 Å². The summed E-state index contributed by atoms with van der Waals surface area (Å²) in [6, 6.07) is 13.8. The Morgan fingerprint density at radius 2 is 1.72 bits per heavy atom. The van der Waals surface area contributed by atoms with Crippen LogP contribution in [0.15, 0.2) is 60.8 Å². The Morgan fingerprint density at radius 3 is 2.34 bits per heavy atom. The minimum atomic E-state index is -4.46. The average Bonchev–Trinajstić information content (AvgIpc) is 3.22. The van der Waals surface area contributed by atoms with Crippen molar-refractivity contribution < 1.29 is 27.5 Å². The number of esters is 1. The number of amides is 1. The molecule has 3 aromatic rings. The molecule has 0 N–H and O–H groups in total. The Bertz CT molecular complexity index is 1050. The summed E-state index contributed by atoms with van der Waals surface area (Å²) in [6.07, 6.45) is -3.00. The summed E-state index contributed by atoms with van der Waals surface area (Å²) in [5.74, 6) is -1.22. The number of halogens is 3. The molecule has 1 aromatic heterocycles. The van der Waals surface area contributed by atoms with Crippen molar-refractivity contribution in [2.45, 2.75) is 26.2 Å². The molecule has 0 saturated carbocycles. The van der Waals surface area contributed by atoms with Crippen LogP contribution in [0.1, 0.15) is 34.1 Å². The Hall–Kier alpha value is -3.69. The summed E-state index contributed by atoms with van der Waals surface area (Å²) in [6.45, 7) is 1.70. The highest BCUT2D eigenvalue weighted by Crippen LogP contribution is 2.29. The largest absolute Gasteiger partial charge is 0.465 e. The molecule has 2 aromatic carbocycles. The highest BCUT2D eigenvalue weighted by molar-refractivity contribution is 5.94. The number of rotatable bonds is 8. The van der Waals surface area contributed by atoms with Gasteiger partial charge in [-0.05, 0) is 30.2 Å². The van der Waals surface area contributed by atoms with Gasteiger partial charge in [0.25, 0.3) is 5.91 Å². The first-order valence-corrected chi connectivity index (χ1v) is 9.81. The first-order valence-electron chi connectivity index (χ1n) is 9.81. The fourth-order valence-electron chi connectivity index (χ4n) is 2.99.